The standard InChI is InChI=1S/C37H52N4O5Si/c1-25-14-13-15-28(22-25)31(46-47(11,12)37(8,9)10)29-20-21-39-30(23-29)41(34(43)45-36(5,6)7)24-26-16-18-27(19-17-26)32(38)40-33(42)44-35(2,3)4/h13-23,31H,24H2,1-12H3,(H2,38,40,42). The van der Waals surface area contributed by atoms with E-state index < -0.39 is 31.7 Å². The minimum absolute atomic E-state index is 0.0132. The number of anilines is 1. The maximum atomic E-state index is 13.7. The molecule has 0 radical (unpaired) electrons. The number of ether oxygens (including phenoxy) is 2. The van der Waals surface area contributed by atoms with E-state index in [-0.39, 0.29) is 23.5 Å². The monoisotopic (exact) mass is 660 g/mol. The first-order valence-electron chi connectivity index (χ1n) is 15.9. The van der Waals surface area contributed by atoms with Crippen LogP contribution in [0.1, 0.15) is 96.2 Å². The fourth-order valence-corrected chi connectivity index (χ4v) is 5.56. The van der Waals surface area contributed by atoms with Gasteiger partial charge in [0.05, 0.1) is 12.6 Å². The van der Waals surface area contributed by atoms with Crippen LogP contribution in [0.25, 0.3) is 0 Å². The third-order valence-electron chi connectivity index (χ3n) is 7.72. The van der Waals surface area contributed by atoms with E-state index in [1.807, 2.05) is 51.1 Å². The Morgan fingerprint density at radius 2 is 1.47 bits per heavy atom. The van der Waals surface area contributed by atoms with Crippen molar-refractivity contribution in [3.63, 3.8) is 0 Å². The van der Waals surface area contributed by atoms with Crippen molar-refractivity contribution in [2.24, 2.45) is 10.7 Å². The van der Waals surface area contributed by atoms with Crippen molar-refractivity contribution >= 4 is 32.2 Å². The SMILES string of the molecule is Cc1cccc(C(O[Si](C)(C)C(C)(C)C)c2ccnc(N(Cc3ccc(/C(N)=N/C(=O)OC(C)(C)C)cc3)C(=O)OC(C)(C)C)c2)c1. The third kappa shape index (κ3) is 11.0. The maximum Gasteiger partial charge on any atom is 0.436 e. The molecule has 1 heterocycles. The number of amidine groups is 1. The number of amides is 2. The van der Waals surface area contributed by atoms with E-state index >= 15 is 0 Å². The second-order valence-electron chi connectivity index (χ2n) is 15.4. The van der Waals surface area contributed by atoms with Gasteiger partial charge in [-0.3, -0.25) is 4.90 Å². The van der Waals surface area contributed by atoms with Gasteiger partial charge in [0.25, 0.3) is 0 Å². The third-order valence-corrected chi connectivity index (χ3v) is 12.2. The zero-order chi connectivity index (χ0) is 35.4. The van der Waals surface area contributed by atoms with E-state index in [2.05, 4.69) is 69.0 Å². The van der Waals surface area contributed by atoms with E-state index in [0.717, 1.165) is 22.3 Å². The molecule has 254 valence electrons. The first-order chi connectivity index (χ1) is 21.5. The van der Waals surface area contributed by atoms with Crippen molar-refractivity contribution in [2.75, 3.05) is 4.90 Å². The number of nitrogens with zero attached hydrogens (tertiary/aromatic N) is 3. The number of carbonyl (C=O) groups is 2. The summed E-state index contributed by atoms with van der Waals surface area (Å²) in [6.45, 7) is 24.1. The fraction of sp³-hybridized carbons (Fsp3) is 0.459. The summed E-state index contributed by atoms with van der Waals surface area (Å²) in [6, 6.07) is 19.3. The minimum atomic E-state index is -2.22. The molecule has 0 aliphatic heterocycles. The van der Waals surface area contributed by atoms with Crippen molar-refractivity contribution in [2.45, 2.75) is 111 Å². The van der Waals surface area contributed by atoms with Gasteiger partial charge in [0.2, 0.25) is 0 Å². The Hall–Kier alpha value is -4.02. The number of hydrogen-bond donors (Lipinski definition) is 1. The van der Waals surface area contributed by atoms with Crippen LogP contribution in [-0.2, 0) is 20.4 Å². The summed E-state index contributed by atoms with van der Waals surface area (Å²) in [4.78, 5) is 35.8. The highest BCUT2D eigenvalue weighted by Gasteiger charge is 2.40. The molecular formula is C37H52N4O5Si. The molecule has 2 amide bonds. The molecule has 0 bridgehead atoms. The lowest BCUT2D eigenvalue weighted by molar-refractivity contribution is 0.0572. The Kier molecular flexibility index (Phi) is 11.5. The van der Waals surface area contributed by atoms with E-state index in [4.69, 9.17) is 19.6 Å². The fourth-order valence-electron chi connectivity index (χ4n) is 4.35. The van der Waals surface area contributed by atoms with Gasteiger partial charge in [-0.15, -0.1) is 0 Å². The molecule has 1 unspecified atom stereocenters. The Labute approximate surface area is 281 Å². The highest BCUT2D eigenvalue weighted by Crippen LogP contribution is 2.42. The van der Waals surface area contributed by atoms with Gasteiger partial charge in [-0.2, -0.15) is 4.99 Å². The number of pyridine rings is 1. The predicted molar refractivity (Wildman–Crippen MR) is 191 cm³/mol. The Morgan fingerprint density at radius 3 is 2.02 bits per heavy atom. The first-order valence-corrected chi connectivity index (χ1v) is 18.8. The van der Waals surface area contributed by atoms with E-state index in [1.165, 1.54) is 4.90 Å². The number of aryl methyl sites for hydroxylation is 1. The molecule has 2 N–H and O–H groups in total. The molecule has 0 spiro atoms. The molecule has 0 saturated carbocycles. The van der Waals surface area contributed by atoms with Crippen LogP contribution < -0.4 is 10.6 Å². The van der Waals surface area contributed by atoms with E-state index in [1.54, 1.807) is 39.1 Å². The molecule has 0 fully saturated rings. The summed E-state index contributed by atoms with van der Waals surface area (Å²) in [6.07, 6.45) is 0.0540. The summed E-state index contributed by atoms with van der Waals surface area (Å²) in [5, 5.41) is -0.0132. The summed E-state index contributed by atoms with van der Waals surface area (Å²) in [7, 11) is -2.22. The molecule has 2 aromatic carbocycles. The van der Waals surface area contributed by atoms with Crippen LogP contribution in [0.5, 0.6) is 0 Å². The predicted octanol–water partition coefficient (Wildman–Crippen LogP) is 9.08. The Morgan fingerprint density at radius 1 is 0.872 bits per heavy atom. The van der Waals surface area contributed by atoms with Crippen LogP contribution in [0, 0.1) is 6.92 Å². The summed E-state index contributed by atoms with van der Waals surface area (Å²) < 4.78 is 18.1. The average molecular weight is 661 g/mol. The number of rotatable bonds is 8. The van der Waals surface area contributed by atoms with Crippen LogP contribution >= 0.6 is 0 Å². The van der Waals surface area contributed by atoms with Gasteiger partial charge in [0.1, 0.15) is 22.9 Å². The molecular weight excluding hydrogens is 609 g/mol. The maximum absolute atomic E-state index is 13.7. The second kappa shape index (κ2) is 14.4. The largest absolute Gasteiger partial charge is 0.443 e. The van der Waals surface area contributed by atoms with Gasteiger partial charge >= 0.3 is 12.2 Å². The average Bonchev–Trinajstić information content (AvgIpc) is 2.92. The van der Waals surface area contributed by atoms with E-state index in [9.17, 15) is 9.59 Å². The topological polar surface area (TPSA) is 116 Å². The van der Waals surface area contributed by atoms with Crippen molar-refractivity contribution < 1.29 is 23.5 Å². The number of carbonyl (C=O) groups excluding carboxylic acids is 2. The number of aliphatic imine (C=N–C) groups is 1. The lowest BCUT2D eigenvalue weighted by Gasteiger charge is -2.39. The molecule has 0 aliphatic carbocycles. The zero-order valence-corrected chi connectivity index (χ0v) is 31.1. The highest BCUT2D eigenvalue weighted by atomic mass is 28.4. The van der Waals surface area contributed by atoms with Gasteiger partial charge in [-0.1, -0.05) is 74.9 Å². The number of benzene rings is 2. The van der Waals surface area contributed by atoms with Gasteiger partial charge in [0.15, 0.2) is 8.32 Å². The molecule has 10 heteroatoms. The number of hydrogen-bond acceptors (Lipinski definition) is 6. The van der Waals surface area contributed by atoms with Crippen molar-refractivity contribution in [1.29, 1.82) is 0 Å². The van der Waals surface area contributed by atoms with Crippen molar-refractivity contribution in [3.05, 3.63) is 94.7 Å². The normalized spacial score (nSPS) is 13.6. The van der Waals surface area contributed by atoms with Crippen molar-refractivity contribution in [3.8, 4) is 0 Å². The second-order valence-corrected chi connectivity index (χ2v) is 20.1. The van der Waals surface area contributed by atoms with Crippen LogP contribution in [0.2, 0.25) is 18.1 Å². The zero-order valence-electron chi connectivity index (χ0n) is 30.1. The molecule has 3 rings (SSSR count). The molecule has 9 nitrogen and oxygen atoms in total. The van der Waals surface area contributed by atoms with Crippen LogP contribution in [0.15, 0.2) is 71.9 Å². The van der Waals surface area contributed by atoms with Gasteiger partial charge in [-0.05, 0) is 95.4 Å². The summed E-state index contributed by atoms with van der Waals surface area (Å²) >= 11 is 0. The molecule has 0 saturated heterocycles. The molecule has 1 atom stereocenters. The molecule has 1 aromatic heterocycles. The lowest BCUT2D eigenvalue weighted by atomic mass is 10.0. The number of nitrogens with two attached hydrogens (primary N) is 1. The van der Waals surface area contributed by atoms with E-state index in [0.29, 0.717) is 11.4 Å². The smallest absolute Gasteiger partial charge is 0.436 e. The van der Waals surface area contributed by atoms with Crippen molar-refractivity contribution in [1.82, 2.24) is 4.98 Å². The molecule has 3 aromatic rings. The first kappa shape index (κ1) is 37.4. The van der Waals surface area contributed by atoms with Gasteiger partial charge < -0.3 is 19.6 Å². The minimum Gasteiger partial charge on any atom is -0.443 e. The van der Waals surface area contributed by atoms with Gasteiger partial charge in [-0.25, -0.2) is 14.6 Å². The molecule has 47 heavy (non-hydrogen) atoms. The highest BCUT2D eigenvalue weighted by molar-refractivity contribution is 6.74. The van der Waals surface area contributed by atoms with Gasteiger partial charge in [0, 0.05) is 11.8 Å². The Balaban J connectivity index is 2.02. The summed E-state index contributed by atoms with van der Waals surface area (Å²) in [5.41, 5.74) is 9.10. The van der Waals surface area contributed by atoms with Crippen LogP contribution in [0.4, 0.5) is 15.4 Å². The number of aromatic nitrogens is 1. The van der Waals surface area contributed by atoms with Crippen LogP contribution in [-0.4, -0.2) is 42.5 Å². The lowest BCUT2D eigenvalue weighted by Crippen LogP contribution is -2.42. The Bertz CT molecular complexity index is 1580. The summed E-state index contributed by atoms with van der Waals surface area (Å²) in [5.74, 6) is 0.469. The quantitative estimate of drug-likeness (QED) is 0.146. The molecule has 0 aliphatic rings. The van der Waals surface area contributed by atoms with Crippen LogP contribution in [0.3, 0.4) is 0 Å².